The van der Waals surface area contributed by atoms with E-state index in [-0.39, 0.29) is 0 Å². The second kappa shape index (κ2) is 8.08. The Morgan fingerprint density at radius 2 is 2.13 bits per heavy atom. The highest BCUT2D eigenvalue weighted by molar-refractivity contribution is 4.64. The number of nitrogens with one attached hydrogen (secondary N) is 1. The van der Waals surface area contributed by atoms with Crippen LogP contribution in [0.15, 0.2) is 0 Å². The maximum Gasteiger partial charge on any atom is 0.0619 e. The molecule has 0 spiro atoms. The van der Waals surface area contributed by atoms with Crippen LogP contribution >= 0.6 is 0 Å². The van der Waals surface area contributed by atoms with Crippen molar-refractivity contribution in [2.24, 2.45) is 0 Å². The van der Waals surface area contributed by atoms with Crippen LogP contribution in [0.5, 0.6) is 0 Å². The molecule has 0 aliphatic carbocycles. The Hall–Kier alpha value is -0.120. The summed E-state index contributed by atoms with van der Waals surface area (Å²) in [6.07, 6.45) is 4.88. The van der Waals surface area contributed by atoms with Gasteiger partial charge < -0.3 is 14.8 Å². The van der Waals surface area contributed by atoms with Crippen LogP contribution in [0.1, 0.15) is 39.5 Å². The molecule has 1 N–H and O–H groups in total. The SMILES string of the molecule is CCCNC(C)CCOC1CCOCC1. The lowest BCUT2D eigenvalue weighted by molar-refractivity contribution is -0.0336. The third-order valence-corrected chi connectivity index (χ3v) is 2.82. The second-order valence-corrected chi connectivity index (χ2v) is 4.33. The van der Waals surface area contributed by atoms with E-state index in [1.165, 1.54) is 6.42 Å². The molecule has 1 heterocycles. The van der Waals surface area contributed by atoms with Crippen LogP contribution in [-0.4, -0.2) is 38.5 Å². The molecule has 1 fully saturated rings. The standard InChI is InChI=1S/C12H25NO2/c1-3-7-13-11(2)4-10-15-12-5-8-14-9-6-12/h11-13H,3-10H2,1-2H3. The Kier molecular flexibility index (Phi) is 6.98. The highest BCUT2D eigenvalue weighted by Crippen LogP contribution is 2.10. The van der Waals surface area contributed by atoms with E-state index in [0.717, 1.165) is 45.6 Å². The van der Waals surface area contributed by atoms with E-state index >= 15 is 0 Å². The highest BCUT2D eigenvalue weighted by Gasteiger charge is 2.13. The molecule has 1 saturated heterocycles. The van der Waals surface area contributed by atoms with Gasteiger partial charge in [0.1, 0.15) is 0 Å². The van der Waals surface area contributed by atoms with Gasteiger partial charge in [-0.2, -0.15) is 0 Å². The zero-order chi connectivity index (χ0) is 10.9. The molecule has 0 saturated carbocycles. The zero-order valence-electron chi connectivity index (χ0n) is 10.1. The fourth-order valence-electron chi connectivity index (χ4n) is 1.75. The Bertz CT molecular complexity index is 147. The molecule has 3 nitrogen and oxygen atoms in total. The van der Waals surface area contributed by atoms with Gasteiger partial charge in [0.25, 0.3) is 0 Å². The summed E-state index contributed by atoms with van der Waals surface area (Å²) in [5.41, 5.74) is 0. The van der Waals surface area contributed by atoms with Gasteiger partial charge in [-0.15, -0.1) is 0 Å². The summed E-state index contributed by atoms with van der Waals surface area (Å²) in [6.45, 7) is 8.14. The maximum atomic E-state index is 5.81. The number of hydrogen-bond donors (Lipinski definition) is 1. The molecule has 0 aromatic heterocycles. The summed E-state index contributed by atoms with van der Waals surface area (Å²) >= 11 is 0. The molecule has 0 aromatic carbocycles. The third-order valence-electron chi connectivity index (χ3n) is 2.82. The summed E-state index contributed by atoms with van der Waals surface area (Å²) in [4.78, 5) is 0. The molecule has 0 aromatic rings. The fraction of sp³-hybridized carbons (Fsp3) is 1.00. The summed E-state index contributed by atoms with van der Waals surface area (Å²) < 4.78 is 11.1. The molecule has 90 valence electrons. The van der Waals surface area contributed by atoms with E-state index in [4.69, 9.17) is 9.47 Å². The van der Waals surface area contributed by atoms with Crippen molar-refractivity contribution in [1.82, 2.24) is 5.32 Å². The van der Waals surface area contributed by atoms with Gasteiger partial charge in [-0.3, -0.25) is 0 Å². The van der Waals surface area contributed by atoms with Crippen LogP contribution < -0.4 is 5.32 Å². The van der Waals surface area contributed by atoms with Crippen LogP contribution in [0.3, 0.4) is 0 Å². The molecule has 0 bridgehead atoms. The van der Waals surface area contributed by atoms with Gasteiger partial charge in [0.05, 0.1) is 6.10 Å². The lowest BCUT2D eigenvalue weighted by atomic mass is 10.1. The molecule has 1 rings (SSSR count). The Balaban J connectivity index is 1.94. The predicted molar refractivity (Wildman–Crippen MR) is 62.2 cm³/mol. The van der Waals surface area contributed by atoms with Crippen LogP contribution in [0.2, 0.25) is 0 Å². The molecule has 15 heavy (non-hydrogen) atoms. The van der Waals surface area contributed by atoms with E-state index < -0.39 is 0 Å². The Morgan fingerprint density at radius 3 is 2.80 bits per heavy atom. The molecule has 3 heteroatoms. The first-order valence-electron chi connectivity index (χ1n) is 6.25. The molecular formula is C12H25NO2. The average molecular weight is 215 g/mol. The fourth-order valence-corrected chi connectivity index (χ4v) is 1.75. The maximum absolute atomic E-state index is 5.81. The Labute approximate surface area is 93.5 Å². The average Bonchev–Trinajstić information content (AvgIpc) is 2.28. The lowest BCUT2D eigenvalue weighted by Crippen LogP contribution is -2.30. The molecular weight excluding hydrogens is 190 g/mol. The van der Waals surface area contributed by atoms with E-state index in [2.05, 4.69) is 19.2 Å². The van der Waals surface area contributed by atoms with Gasteiger partial charge in [0, 0.05) is 25.9 Å². The van der Waals surface area contributed by atoms with Gasteiger partial charge >= 0.3 is 0 Å². The zero-order valence-corrected chi connectivity index (χ0v) is 10.1. The van der Waals surface area contributed by atoms with Gasteiger partial charge in [0.2, 0.25) is 0 Å². The van der Waals surface area contributed by atoms with Crippen molar-refractivity contribution in [3.05, 3.63) is 0 Å². The molecule has 0 amide bonds. The smallest absolute Gasteiger partial charge is 0.0619 e. The van der Waals surface area contributed by atoms with Crippen LogP contribution in [0.25, 0.3) is 0 Å². The van der Waals surface area contributed by atoms with Gasteiger partial charge in [-0.25, -0.2) is 0 Å². The number of rotatable bonds is 7. The van der Waals surface area contributed by atoms with Crippen molar-refractivity contribution in [1.29, 1.82) is 0 Å². The van der Waals surface area contributed by atoms with Crippen LogP contribution in [0.4, 0.5) is 0 Å². The summed E-state index contributed by atoms with van der Waals surface area (Å²) in [5, 5.41) is 3.47. The van der Waals surface area contributed by atoms with E-state index in [1.54, 1.807) is 0 Å². The van der Waals surface area contributed by atoms with Crippen molar-refractivity contribution in [3.8, 4) is 0 Å². The first kappa shape index (κ1) is 12.9. The lowest BCUT2D eigenvalue weighted by Gasteiger charge is -2.23. The van der Waals surface area contributed by atoms with Crippen molar-refractivity contribution < 1.29 is 9.47 Å². The minimum atomic E-state index is 0.442. The van der Waals surface area contributed by atoms with Crippen molar-refractivity contribution in [2.45, 2.75) is 51.7 Å². The molecule has 1 unspecified atom stereocenters. The van der Waals surface area contributed by atoms with Gasteiger partial charge in [-0.1, -0.05) is 6.92 Å². The first-order chi connectivity index (χ1) is 7.33. The highest BCUT2D eigenvalue weighted by atomic mass is 16.5. The van der Waals surface area contributed by atoms with Gasteiger partial charge in [0.15, 0.2) is 0 Å². The van der Waals surface area contributed by atoms with E-state index in [9.17, 15) is 0 Å². The molecule has 1 aliphatic rings. The van der Waals surface area contributed by atoms with E-state index in [1.807, 2.05) is 0 Å². The van der Waals surface area contributed by atoms with E-state index in [0.29, 0.717) is 12.1 Å². The topological polar surface area (TPSA) is 30.5 Å². The number of ether oxygens (including phenoxy) is 2. The summed E-state index contributed by atoms with van der Waals surface area (Å²) in [6, 6.07) is 0.574. The quantitative estimate of drug-likeness (QED) is 0.704. The van der Waals surface area contributed by atoms with Crippen molar-refractivity contribution in [3.63, 3.8) is 0 Å². The Morgan fingerprint density at radius 1 is 1.40 bits per heavy atom. The van der Waals surface area contributed by atoms with Crippen LogP contribution in [0, 0.1) is 0 Å². The van der Waals surface area contributed by atoms with Crippen molar-refractivity contribution >= 4 is 0 Å². The largest absolute Gasteiger partial charge is 0.381 e. The minimum Gasteiger partial charge on any atom is -0.381 e. The molecule has 1 aliphatic heterocycles. The van der Waals surface area contributed by atoms with Crippen molar-refractivity contribution in [2.75, 3.05) is 26.4 Å². The first-order valence-corrected chi connectivity index (χ1v) is 6.25. The summed E-state index contributed by atoms with van der Waals surface area (Å²) in [5.74, 6) is 0. The minimum absolute atomic E-state index is 0.442. The normalized spacial score (nSPS) is 20.4. The number of hydrogen-bond acceptors (Lipinski definition) is 3. The molecule has 1 atom stereocenters. The summed E-state index contributed by atoms with van der Waals surface area (Å²) in [7, 11) is 0. The third kappa shape index (κ3) is 6.13. The monoisotopic (exact) mass is 215 g/mol. The molecule has 0 radical (unpaired) electrons. The predicted octanol–water partition coefficient (Wildman–Crippen LogP) is 1.96. The second-order valence-electron chi connectivity index (χ2n) is 4.33. The van der Waals surface area contributed by atoms with Gasteiger partial charge in [-0.05, 0) is 39.2 Å². The van der Waals surface area contributed by atoms with Crippen LogP contribution in [-0.2, 0) is 9.47 Å².